The minimum atomic E-state index is -4.33. The number of halogens is 3. The zero-order chi connectivity index (χ0) is 13.3. The highest BCUT2D eigenvalue weighted by molar-refractivity contribution is 5.75. The van der Waals surface area contributed by atoms with E-state index >= 15 is 0 Å². The molecule has 0 heterocycles. The molecule has 1 amide bonds. The van der Waals surface area contributed by atoms with Crippen molar-refractivity contribution in [3.63, 3.8) is 0 Å². The number of ether oxygens (including phenoxy) is 1. The molecule has 0 unspecified atom stereocenters. The predicted octanol–water partition coefficient (Wildman–Crippen LogP) is 1.02. The van der Waals surface area contributed by atoms with Crippen LogP contribution in [0.4, 0.5) is 13.2 Å². The quantitative estimate of drug-likeness (QED) is 0.659. The number of amides is 1. The summed E-state index contributed by atoms with van der Waals surface area (Å²) in [6, 6.07) is 0. The van der Waals surface area contributed by atoms with Crippen LogP contribution in [0.15, 0.2) is 0 Å². The Hall–Kier alpha value is -0.820. The molecule has 0 bridgehead atoms. The standard InChI is InChI=1S/C10H19F3N2O2/c1-14-5-3-6-15(2)9(16)4-7-17-8-10(11,12)13/h14H,3-8H2,1-2H3. The van der Waals surface area contributed by atoms with Crippen molar-refractivity contribution in [2.45, 2.75) is 19.0 Å². The molecule has 0 aromatic rings. The summed E-state index contributed by atoms with van der Waals surface area (Å²) in [6.45, 7) is -0.125. The molecule has 0 spiro atoms. The number of alkyl halides is 3. The van der Waals surface area contributed by atoms with E-state index < -0.39 is 12.8 Å². The molecule has 0 aromatic carbocycles. The lowest BCUT2D eigenvalue weighted by molar-refractivity contribution is -0.175. The summed E-state index contributed by atoms with van der Waals surface area (Å²) < 4.78 is 39.5. The Bertz CT molecular complexity index is 222. The smallest absolute Gasteiger partial charge is 0.372 e. The first-order chi connectivity index (χ1) is 7.87. The second-order valence-corrected chi connectivity index (χ2v) is 3.69. The highest BCUT2D eigenvalue weighted by Gasteiger charge is 2.27. The maximum atomic E-state index is 11.7. The lowest BCUT2D eigenvalue weighted by Gasteiger charge is -2.17. The monoisotopic (exact) mass is 256 g/mol. The van der Waals surface area contributed by atoms with Crippen LogP contribution in [0.1, 0.15) is 12.8 Å². The number of carbonyl (C=O) groups excluding carboxylic acids is 1. The maximum Gasteiger partial charge on any atom is 0.411 e. The van der Waals surface area contributed by atoms with Crippen LogP contribution in [0.5, 0.6) is 0 Å². The normalized spacial score (nSPS) is 11.6. The molecule has 102 valence electrons. The van der Waals surface area contributed by atoms with Crippen molar-refractivity contribution in [1.29, 1.82) is 0 Å². The van der Waals surface area contributed by atoms with E-state index in [1.165, 1.54) is 4.90 Å². The molecule has 0 radical (unpaired) electrons. The SMILES string of the molecule is CNCCCN(C)C(=O)CCOCC(F)(F)F. The van der Waals surface area contributed by atoms with Gasteiger partial charge in [-0.1, -0.05) is 0 Å². The molecule has 0 rings (SSSR count). The molecular formula is C10H19F3N2O2. The predicted molar refractivity (Wildman–Crippen MR) is 57.7 cm³/mol. The molecule has 0 fully saturated rings. The van der Waals surface area contributed by atoms with E-state index in [2.05, 4.69) is 10.1 Å². The molecule has 0 atom stereocenters. The van der Waals surface area contributed by atoms with E-state index in [9.17, 15) is 18.0 Å². The van der Waals surface area contributed by atoms with Crippen molar-refractivity contribution >= 4 is 5.91 Å². The summed E-state index contributed by atoms with van der Waals surface area (Å²) in [6.07, 6.45) is -3.55. The average Bonchev–Trinajstić information content (AvgIpc) is 2.23. The molecule has 0 aliphatic heterocycles. The fourth-order valence-corrected chi connectivity index (χ4v) is 1.16. The summed E-state index contributed by atoms with van der Waals surface area (Å²) in [5.74, 6) is -0.205. The van der Waals surface area contributed by atoms with Crippen LogP contribution >= 0.6 is 0 Å². The number of hydrogen-bond acceptors (Lipinski definition) is 3. The Balaban J connectivity index is 3.57. The van der Waals surface area contributed by atoms with Crippen LogP contribution in [-0.2, 0) is 9.53 Å². The van der Waals surface area contributed by atoms with Gasteiger partial charge in [0.2, 0.25) is 5.91 Å². The zero-order valence-corrected chi connectivity index (χ0v) is 10.1. The Labute approximate surface area is 99.1 Å². The van der Waals surface area contributed by atoms with Crippen LogP contribution in [0.25, 0.3) is 0 Å². The van der Waals surface area contributed by atoms with E-state index in [4.69, 9.17) is 0 Å². The Morgan fingerprint density at radius 2 is 2.06 bits per heavy atom. The van der Waals surface area contributed by atoms with Gasteiger partial charge in [-0.05, 0) is 20.0 Å². The topological polar surface area (TPSA) is 41.6 Å². The summed E-state index contributed by atoms with van der Waals surface area (Å²) in [5.41, 5.74) is 0. The first kappa shape index (κ1) is 16.2. The highest BCUT2D eigenvalue weighted by Crippen LogP contribution is 2.14. The average molecular weight is 256 g/mol. The molecule has 7 heteroatoms. The van der Waals surface area contributed by atoms with Crippen LogP contribution in [0.3, 0.4) is 0 Å². The lowest BCUT2D eigenvalue weighted by atomic mass is 10.3. The maximum absolute atomic E-state index is 11.7. The van der Waals surface area contributed by atoms with Crippen LogP contribution in [-0.4, -0.2) is 57.4 Å². The molecule has 1 N–H and O–H groups in total. The number of hydrogen-bond donors (Lipinski definition) is 1. The largest absolute Gasteiger partial charge is 0.411 e. The first-order valence-corrected chi connectivity index (χ1v) is 5.40. The van der Waals surface area contributed by atoms with Gasteiger partial charge in [-0.3, -0.25) is 4.79 Å². The van der Waals surface area contributed by atoms with E-state index in [0.717, 1.165) is 13.0 Å². The summed E-state index contributed by atoms with van der Waals surface area (Å²) >= 11 is 0. The third-order valence-electron chi connectivity index (χ3n) is 2.07. The van der Waals surface area contributed by atoms with Gasteiger partial charge in [0.1, 0.15) is 6.61 Å². The number of rotatable bonds is 8. The van der Waals surface area contributed by atoms with Crippen molar-refractivity contribution in [3.8, 4) is 0 Å². The van der Waals surface area contributed by atoms with Gasteiger partial charge in [-0.15, -0.1) is 0 Å². The number of nitrogens with zero attached hydrogens (tertiary/aromatic N) is 1. The van der Waals surface area contributed by atoms with Gasteiger partial charge in [-0.2, -0.15) is 13.2 Å². The van der Waals surface area contributed by atoms with Gasteiger partial charge in [0, 0.05) is 13.6 Å². The molecular weight excluding hydrogens is 237 g/mol. The van der Waals surface area contributed by atoms with Crippen LogP contribution < -0.4 is 5.32 Å². The Kier molecular flexibility index (Phi) is 7.90. The number of nitrogens with one attached hydrogen (secondary N) is 1. The lowest BCUT2D eigenvalue weighted by Crippen LogP contribution is -2.30. The highest BCUT2D eigenvalue weighted by atomic mass is 19.4. The summed E-state index contributed by atoms with van der Waals surface area (Å²) in [7, 11) is 3.44. The second-order valence-electron chi connectivity index (χ2n) is 3.69. The van der Waals surface area contributed by atoms with Gasteiger partial charge >= 0.3 is 6.18 Å². The fourth-order valence-electron chi connectivity index (χ4n) is 1.16. The van der Waals surface area contributed by atoms with E-state index in [1.807, 2.05) is 7.05 Å². The van der Waals surface area contributed by atoms with Gasteiger partial charge in [0.15, 0.2) is 0 Å². The Morgan fingerprint density at radius 1 is 1.41 bits per heavy atom. The third-order valence-corrected chi connectivity index (χ3v) is 2.07. The van der Waals surface area contributed by atoms with Crippen LogP contribution in [0, 0.1) is 0 Å². The molecule has 0 aromatic heterocycles. The van der Waals surface area contributed by atoms with E-state index in [-0.39, 0.29) is 18.9 Å². The summed E-state index contributed by atoms with van der Waals surface area (Å²) in [4.78, 5) is 12.9. The van der Waals surface area contributed by atoms with Gasteiger partial charge in [-0.25, -0.2) is 0 Å². The molecule has 0 saturated heterocycles. The van der Waals surface area contributed by atoms with E-state index in [1.54, 1.807) is 7.05 Å². The molecule has 4 nitrogen and oxygen atoms in total. The van der Waals surface area contributed by atoms with Crippen molar-refractivity contribution in [1.82, 2.24) is 10.2 Å². The fraction of sp³-hybridized carbons (Fsp3) is 0.900. The Morgan fingerprint density at radius 3 is 2.59 bits per heavy atom. The zero-order valence-electron chi connectivity index (χ0n) is 10.1. The van der Waals surface area contributed by atoms with Crippen molar-refractivity contribution in [2.75, 3.05) is 40.4 Å². The molecule has 17 heavy (non-hydrogen) atoms. The molecule has 0 aliphatic carbocycles. The third kappa shape index (κ3) is 10.1. The van der Waals surface area contributed by atoms with Gasteiger partial charge < -0.3 is 15.0 Å². The number of carbonyl (C=O) groups is 1. The molecule has 0 saturated carbocycles. The summed E-state index contributed by atoms with van der Waals surface area (Å²) in [5, 5.41) is 2.94. The second kappa shape index (κ2) is 8.30. The minimum absolute atomic E-state index is 0.0217. The van der Waals surface area contributed by atoms with Gasteiger partial charge in [0.25, 0.3) is 0 Å². The minimum Gasteiger partial charge on any atom is -0.372 e. The van der Waals surface area contributed by atoms with E-state index in [0.29, 0.717) is 6.54 Å². The van der Waals surface area contributed by atoms with Gasteiger partial charge in [0.05, 0.1) is 13.0 Å². The molecule has 0 aliphatic rings. The van der Waals surface area contributed by atoms with Crippen molar-refractivity contribution < 1.29 is 22.7 Å². The van der Waals surface area contributed by atoms with Crippen molar-refractivity contribution in [2.24, 2.45) is 0 Å². The van der Waals surface area contributed by atoms with Crippen LogP contribution in [0.2, 0.25) is 0 Å². The first-order valence-electron chi connectivity index (χ1n) is 5.40. The van der Waals surface area contributed by atoms with Crippen molar-refractivity contribution in [3.05, 3.63) is 0 Å².